The predicted molar refractivity (Wildman–Crippen MR) is 71.4 cm³/mol. The molecule has 17 heavy (non-hydrogen) atoms. The van der Waals surface area contributed by atoms with Crippen LogP contribution in [0.5, 0.6) is 0 Å². The summed E-state index contributed by atoms with van der Waals surface area (Å²) in [5, 5.41) is 8.56. The van der Waals surface area contributed by atoms with Gasteiger partial charge in [-0.25, -0.2) is 0 Å². The summed E-state index contributed by atoms with van der Waals surface area (Å²) in [6.07, 6.45) is 5.02. The van der Waals surface area contributed by atoms with Gasteiger partial charge >= 0.3 is 5.97 Å². The molecule has 0 aliphatic carbocycles. The van der Waals surface area contributed by atoms with E-state index in [0.717, 1.165) is 24.7 Å². The molecule has 9 radical (unpaired) electrons. The van der Waals surface area contributed by atoms with Crippen LogP contribution in [0.3, 0.4) is 0 Å². The second-order valence-electron chi connectivity index (χ2n) is 4.68. The van der Waals surface area contributed by atoms with Gasteiger partial charge in [0.1, 0.15) is 0 Å². The molecule has 3 rings (SSSR count). The van der Waals surface area contributed by atoms with Crippen molar-refractivity contribution in [2.24, 2.45) is 11.8 Å². The zero-order valence-electron chi connectivity index (χ0n) is 10.3. The third-order valence-corrected chi connectivity index (χ3v) is 3.76. The smallest absolute Gasteiger partial charge is 0.303 e. The molecule has 3 heterocycles. The van der Waals surface area contributed by atoms with Crippen molar-refractivity contribution in [2.45, 2.75) is 32.1 Å². The Hall–Kier alpha value is -0.375. The predicted octanol–water partition coefficient (Wildman–Crippen LogP) is 0.441. The van der Waals surface area contributed by atoms with Crippen molar-refractivity contribution in [3.05, 3.63) is 0 Å². The molecule has 3 aliphatic heterocycles. The Bertz CT molecular complexity index is 221. The number of carbonyl (C=O) groups is 1. The van der Waals surface area contributed by atoms with E-state index >= 15 is 0 Å². The van der Waals surface area contributed by atoms with E-state index in [0.29, 0.717) is 6.42 Å². The zero-order valence-corrected chi connectivity index (χ0v) is 10.3. The molecule has 0 spiro atoms. The minimum Gasteiger partial charge on any atom is -0.481 e. The van der Waals surface area contributed by atoms with Crippen LogP contribution in [0, 0.1) is 11.8 Å². The number of carboxylic acids is 1. The molecule has 0 aromatic carbocycles. The van der Waals surface area contributed by atoms with Gasteiger partial charge in [-0.05, 0) is 50.6 Å². The highest BCUT2D eigenvalue weighted by atomic mass is 16.4. The van der Waals surface area contributed by atoms with Gasteiger partial charge in [-0.2, -0.15) is 0 Å². The zero-order chi connectivity index (χ0) is 9.97. The van der Waals surface area contributed by atoms with E-state index in [2.05, 4.69) is 4.90 Å². The topological polar surface area (TPSA) is 40.5 Å². The summed E-state index contributed by atoms with van der Waals surface area (Å²) in [5.74, 6) is 1.04. The number of hydrogen-bond acceptors (Lipinski definition) is 2. The molecule has 2 bridgehead atoms. The Morgan fingerprint density at radius 2 is 1.76 bits per heavy atom. The summed E-state index contributed by atoms with van der Waals surface area (Å²) >= 11 is 0. The van der Waals surface area contributed by atoms with Crippen LogP contribution in [0.25, 0.3) is 0 Å². The van der Waals surface area contributed by atoms with Crippen molar-refractivity contribution in [3.8, 4) is 0 Å². The lowest BCUT2D eigenvalue weighted by Crippen LogP contribution is -2.47. The lowest BCUT2D eigenvalue weighted by Gasteiger charge is -2.45. The van der Waals surface area contributed by atoms with Crippen molar-refractivity contribution < 1.29 is 9.90 Å². The average Bonchev–Trinajstić information content (AvgIpc) is 2.19. The van der Waals surface area contributed by atoms with Crippen LogP contribution in [0.2, 0.25) is 0 Å². The molecule has 6 heteroatoms. The van der Waals surface area contributed by atoms with Gasteiger partial charge in [0.15, 0.2) is 0 Å². The highest BCUT2D eigenvalue weighted by molar-refractivity contribution is 5.76. The third kappa shape index (κ3) is 5.20. The molecule has 1 atom stereocenters. The Morgan fingerprint density at radius 1 is 1.18 bits per heavy atom. The number of aliphatic carboxylic acids is 1. The largest absolute Gasteiger partial charge is 0.481 e. The first-order chi connectivity index (χ1) is 6.75. The first kappa shape index (κ1) is 19.0. The highest BCUT2D eigenvalue weighted by Gasteiger charge is 2.33. The van der Waals surface area contributed by atoms with Crippen molar-refractivity contribution >= 4 is 31.2 Å². The molecular formula is C11H19B3NO2. The Kier molecular flexibility index (Phi) is 9.69. The first-order valence-corrected chi connectivity index (χ1v) is 5.70. The van der Waals surface area contributed by atoms with Crippen LogP contribution in [-0.2, 0) is 4.79 Å². The van der Waals surface area contributed by atoms with E-state index in [1.165, 1.54) is 32.5 Å². The fourth-order valence-corrected chi connectivity index (χ4v) is 2.93. The summed E-state index contributed by atoms with van der Waals surface area (Å²) in [4.78, 5) is 12.9. The monoisotopic (exact) mass is 230 g/mol. The summed E-state index contributed by atoms with van der Waals surface area (Å²) in [6.45, 7) is 3.78. The quantitative estimate of drug-likeness (QED) is 0.712. The van der Waals surface area contributed by atoms with Crippen molar-refractivity contribution in [3.63, 3.8) is 0 Å². The summed E-state index contributed by atoms with van der Waals surface area (Å²) in [5.41, 5.74) is 0. The van der Waals surface area contributed by atoms with Gasteiger partial charge in [0.05, 0.1) is 0 Å². The number of hydrogen-bond donors (Lipinski definition) is 1. The van der Waals surface area contributed by atoms with Crippen LogP contribution in [0.1, 0.15) is 32.1 Å². The van der Waals surface area contributed by atoms with Crippen LogP contribution < -0.4 is 0 Å². The summed E-state index contributed by atoms with van der Waals surface area (Å²) in [6, 6.07) is 0. The third-order valence-electron chi connectivity index (χ3n) is 3.76. The molecule has 89 valence electrons. The Morgan fingerprint density at radius 3 is 2.18 bits per heavy atom. The number of nitrogens with zero attached hydrogens (tertiary/aromatic N) is 1. The number of rotatable bonds is 4. The highest BCUT2D eigenvalue weighted by Crippen LogP contribution is 2.34. The molecule has 0 saturated carbocycles. The summed E-state index contributed by atoms with van der Waals surface area (Å²) in [7, 11) is 0. The second kappa shape index (κ2) is 8.68. The fourth-order valence-electron chi connectivity index (χ4n) is 2.93. The maximum absolute atomic E-state index is 10.4. The number of piperidine rings is 3. The lowest BCUT2D eigenvalue weighted by molar-refractivity contribution is -0.137. The normalized spacial score (nSPS) is 29.5. The molecule has 1 N–H and O–H groups in total. The minimum atomic E-state index is -0.647. The Balaban J connectivity index is 0. The molecular weight excluding hydrogens is 211 g/mol. The van der Waals surface area contributed by atoms with Gasteiger partial charge in [-0.3, -0.25) is 4.79 Å². The van der Waals surface area contributed by atoms with Crippen LogP contribution in [0.4, 0.5) is 0 Å². The fraction of sp³-hybridized carbons (Fsp3) is 0.909. The standard InChI is InChI=1S/C11H19NO2.3B/c13-11(14)3-1-2-10-8-12-6-4-9(10)5-7-12;;;/h9-10H,1-8H2,(H,13,14);;;/t10-;;;/m1.../s1. The van der Waals surface area contributed by atoms with Gasteiger partial charge in [0.25, 0.3) is 0 Å². The van der Waals surface area contributed by atoms with Gasteiger partial charge in [0, 0.05) is 38.2 Å². The van der Waals surface area contributed by atoms with Crippen LogP contribution in [-0.4, -0.2) is 60.8 Å². The van der Waals surface area contributed by atoms with Gasteiger partial charge < -0.3 is 10.0 Å². The SMILES string of the molecule is O=C(O)CCC[C@@H]1CN2CCC1CC2.[B].[B].[B]. The molecule has 0 unspecified atom stereocenters. The van der Waals surface area contributed by atoms with Crippen molar-refractivity contribution in [2.75, 3.05) is 19.6 Å². The van der Waals surface area contributed by atoms with Crippen molar-refractivity contribution in [1.82, 2.24) is 4.90 Å². The van der Waals surface area contributed by atoms with Gasteiger partial charge in [-0.15, -0.1) is 0 Å². The molecule has 3 fully saturated rings. The second-order valence-corrected chi connectivity index (χ2v) is 4.68. The van der Waals surface area contributed by atoms with E-state index in [1.54, 1.807) is 0 Å². The molecule has 3 saturated heterocycles. The minimum absolute atomic E-state index is 0. The Labute approximate surface area is 110 Å². The van der Waals surface area contributed by atoms with E-state index in [4.69, 9.17) is 5.11 Å². The first-order valence-electron chi connectivity index (χ1n) is 5.70. The van der Waals surface area contributed by atoms with E-state index in [1.807, 2.05) is 0 Å². The van der Waals surface area contributed by atoms with Gasteiger partial charge in [-0.1, -0.05) is 0 Å². The van der Waals surface area contributed by atoms with Crippen LogP contribution >= 0.6 is 0 Å². The van der Waals surface area contributed by atoms with Crippen LogP contribution in [0.15, 0.2) is 0 Å². The molecule has 3 aliphatic rings. The van der Waals surface area contributed by atoms with E-state index in [-0.39, 0.29) is 25.2 Å². The molecule has 0 aromatic rings. The van der Waals surface area contributed by atoms with Gasteiger partial charge in [0.2, 0.25) is 0 Å². The van der Waals surface area contributed by atoms with E-state index in [9.17, 15) is 4.79 Å². The number of carboxylic acid groups (broad SMARTS) is 1. The maximum atomic E-state index is 10.4. The summed E-state index contributed by atoms with van der Waals surface area (Å²) < 4.78 is 0. The molecule has 0 amide bonds. The average molecular weight is 230 g/mol. The molecule has 3 nitrogen and oxygen atoms in total. The van der Waals surface area contributed by atoms with Crippen molar-refractivity contribution in [1.29, 1.82) is 0 Å². The maximum Gasteiger partial charge on any atom is 0.303 e. The van der Waals surface area contributed by atoms with E-state index < -0.39 is 5.97 Å². The lowest BCUT2D eigenvalue weighted by atomic mass is 9.77. The molecule has 0 aromatic heterocycles. The number of fused-ring (bicyclic) bond motifs is 3.